The summed E-state index contributed by atoms with van der Waals surface area (Å²) in [4.78, 5) is 10.3. The number of guanidine groups is 1. The van der Waals surface area contributed by atoms with E-state index < -0.39 is 0 Å². The van der Waals surface area contributed by atoms with Crippen LogP contribution in [0.3, 0.4) is 0 Å². The number of nitrogens with zero attached hydrogens (tertiary/aromatic N) is 2. The molecule has 0 aromatic heterocycles. The first kappa shape index (κ1) is 15.8. The standard InChI is InChI=1S/C17H27N3O/c1-2-3-7-12-18-17-19-13-14-20(17)21-15-8-11-16-9-5-4-6-10-16/h4-6,9-10H,2-3,7-8,11-15H2,1H3,(H,18,19). The highest BCUT2D eigenvalue weighted by Gasteiger charge is 2.16. The van der Waals surface area contributed by atoms with Gasteiger partial charge in [-0.2, -0.15) is 0 Å². The summed E-state index contributed by atoms with van der Waals surface area (Å²) >= 11 is 0. The van der Waals surface area contributed by atoms with Gasteiger partial charge in [0.25, 0.3) is 0 Å². The number of hydrogen-bond acceptors (Lipinski definition) is 4. The molecule has 2 rings (SSSR count). The first-order valence-corrected chi connectivity index (χ1v) is 8.13. The Morgan fingerprint density at radius 1 is 1.19 bits per heavy atom. The van der Waals surface area contributed by atoms with E-state index in [1.807, 2.05) is 5.06 Å². The molecule has 1 aromatic rings. The Bertz CT molecular complexity index is 419. The Morgan fingerprint density at radius 2 is 2.05 bits per heavy atom. The van der Waals surface area contributed by atoms with Crippen molar-refractivity contribution in [3.8, 4) is 0 Å². The van der Waals surface area contributed by atoms with Crippen molar-refractivity contribution in [2.24, 2.45) is 4.99 Å². The van der Waals surface area contributed by atoms with Crippen molar-refractivity contribution < 1.29 is 4.84 Å². The molecule has 21 heavy (non-hydrogen) atoms. The molecule has 116 valence electrons. The highest BCUT2D eigenvalue weighted by molar-refractivity contribution is 5.80. The largest absolute Gasteiger partial charge is 0.354 e. The maximum absolute atomic E-state index is 5.83. The molecule has 4 nitrogen and oxygen atoms in total. The van der Waals surface area contributed by atoms with E-state index in [9.17, 15) is 0 Å². The Morgan fingerprint density at radius 3 is 2.86 bits per heavy atom. The van der Waals surface area contributed by atoms with E-state index in [4.69, 9.17) is 4.84 Å². The van der Waals surface area contributed by atoms with Crippen molar-refractivity contribution in [2.45, 2.75) is 39.0 Å². The fourth-order valence-electron chi connectivity index (χ4n) is 2.37. The van der Waals surface area contributed by atoms with Gasteiger partial charge in [0.1, 0.15) is 0 Å². The highest BCUT2D eigenvalue weighted by Crippen LogP contribution is 2.05. The van der Waals surface area contributed by atoms with Gasteiger partial charge in [0, 0.05) is 6.54 Å². The first-order valence-electron chi connectivity index (χ1n) is 8.13. The van der Waals surface area contributed by atoms with Crippen LogP contribution in [0.15, 0.2) is 35.3 Å². The third kappa shape index (κ3) is 5.76. The molecule has 0 atom stereocenters. The quantitative estimate of drug-likeness (QED) is 0.710. The molecule has 1 N–H and O–H groups in total. The zero-order chi connectivity index (χ0) is 14.8. The minimum Gasteiger partial charge on any atom is -0.354 e. The lowest BCUT2D eigenvalue weighted by molar-refractivity contribution is -0.0944. The van der Waals surface area contributed by atoms with E-state index >= 15 is 0 Å². The maximum atomic E-state index is 5.83. The summed E-state index contributed by atoms with van der Waals surface area (Å²) in [6.45, 7) is 5.63. The van der Waals surface area contributed by atoms with Crippen LogP contribution in [0.25, 0.3) is 0 Å². The summed E-state index contributed by atoms with van der Waals surface area (Å²) in [5.41, 5.74) is 1.37. The van der Waals surface area contributed by atoms with Crippen LogP contribution in [-0.2, 0) is 11.3 Å². The summed E-state index contributed by atoms with van der Waals surface area (Å²) in [6, 6.07) is 10.6. The van der Waals surface area contributed by atoms with Crippen molar-refractivity contribution in [3.63, 3.8) is 0 Å². The smallest absolute Gasteiger partial charge is 0.218 e. The number of unbranched alkanes of at least 4 members (excludes halogenated alkanes) is 2. The molecule has 1 aliphatic heterocycles. The van der Waals surface area contributed by atoms with Crippen LogP contribution in [0, 0.1) is 0 Å². The maximum Gasteiger partial charge on any atom is 0.218 e. The molecule has 0 saturated carbocycles. The summed E-state index contributed by atoms with van der Waals surface area (Å²) in [6.07, 6.45) is 5.79. The molecule has 0 radical (unpaired) electrons. The second kappa shape index (κ2) is 9.40. The number of hydrogen-bond donors (Lipinski definition) is 1. The van der Waals surface area contributed by atoms with Gasteiger partial charge in [-0.1, -0.05) is 50.1 Å². The van der Waals surface area contributed by atoms with E-state index in [2.05, 4.69) is 47.6 Å². The second-order valence-electron chi connectivity index (χ2n) is 5.36. The number of nitrogens with one attached hydrogen (secondary N) is 1. The van der Waals surface area contributed by atoms with E-state index in [1.54, 1.807) is 0 Å². The predicted molar refractivity (Wildman–Crippen MR) is 87.3 cm³/mol. The average molecular weight is 289 g/mol. The van der Waals surface area contributed by atoms with Crippen molar-refractivity contribution in [1.82, 2.24) is 10.4 Å². The van der Waals surface area contributed by atoms with E-state index in [0.29, 0.717) is 0 Å². The number of aliphatic imine (C=N–C) groups is 1. The van der Waals surface area contributed by atoms with E-state index in [-0.39, 0.29) is 0 Å². The molecule has 0 bridgehead atoms. The van der Waals surface area contributed by atoms with Crippen molar-refractivity contribution >= 4 is 5.96 Å². The second-order valence-corrected chi connectivity index (χ2v) is 5.36. The highest BCUT2D eigenvalue weighted by atomic mass is 16.7. The fraction of sp³-hybridized carbons (Fsp3) is 0.588. The first-order chi connectivity index (χ1) is 10.4. The number of aryl methyl sites for hydroxylation is 1. The number of benzene rings is 1. The predicted octanol–water partition coefficient (Wildman–Crippen LogP) is 3.00. The number of rotatable bonds is 9. The topological polar surface area (TPSA) is 36.9 Å². The van der Waals surface area contributed by atoms with Crippen LogP contribution < -0.4 is 5.32 Å². The van der Waals surface area contributed by atoms with Crippen LogP contribution in [0.1, 0.15) is 38.2 Å². The lowest BCUT2D eigenvalue weighted by atomic mass is 10.1. The van der Waals surface area contributed by atoms with Gasteiger partial charge >= 0.3 is 0 Å². The monoisotopic (exact) mass is 289 g/mol. The molecular weight excluding hydrogens is 262 g/mol. The summed E-state index contributed by atoms with van der Waals surface area (Å²) in [5.74, 6) is 0.908. The summed E-state index contributed by atoms with van der Waals surface area (Å²) in [7, 11) is 0. The molecule has 1 aromatic carbocycles. The third-order valence-electron chi connectivity index (χ3n) is 3.56. The third-order valence-corrected chi connectivity index (χ3v) is 3.56. The van der Waals surface area contributed by atoms with Crippen molar-refractivity contribution in [2.75, 3.05) is 26.2 Å². The Balaban J connectivity index is 1.60. The molecule has 0 fully saturated rings. The molecule has 1 heterocycles. The van der Waals surface area contributed by atoms with Gasteiger partial charge in [-0.05, 0) is 24.8 Å². The van der Waals surface area contributed by atoms with Crippen molar-refractivity contribution in [3.05, 3.63) is 35.9 Å². The lowest BCUT2D eigenvalue weighted by Crippen LogP contribution is -2.39. The van der Waals surface area contributed by atoms with Crippen molar-refractivity contribution in [1.29, 1.82) is 0 Å². The van der Waals surface area contributed by atoms with Gasteiger partial charge < -0.3 is 5.32 Å². The van der Waals surface area contributed by atoms with Gasteiger partial charge in [0.15, 0.2) is 0 Å². The van der Waals surface area contributed by atoms with Gasteiger partial charge in [-0.25, -0.2) is 10.1 Å². The van der Waals surface area contributed by atoms with Crippen LogP contribution in [-0.4, -0.2) is 37.3 Å². The molecule has 0 unspecified atom stereocenters. The van der Waals surface area contributed by atoms with E-state index in [1.165, 1.54) is 24.8 Å². The minimum atomic E-state index is 0.741. The van der Waals surface area contributed by atoms with Crippen LogP contribution in [0.4, 0.5) is 0 Å². The SMILES string of the molecule is CCCCCNC1=NCCN1OCCCc1ccccc1. The molecular formula is C17H27N3O. The van der Waals surface area contributed by atoms with Gasteiger partial charge in [0.05, 0.1) is 19.7 Å². The molecule has 1 aliphatic rings. The molecule has 0 amide bonds. The summed E-state index contributed by atoms with van der Waals surface area (Å²) < 4.78 is 0. The summed E-state index contributed by atoms with van der Waals surface area (Å²) in [5, 5.41) is 5.29. The molecule has 0 spiro atoms. The average Bonchev–Trinajstić information content (AvgIpc) is 2.97. The van der Waals surface area contributed by atoms with Crippen LogP contribution in [0.5, 0.6) is 0 Å². The van der Waals surface area contributed by atoms with Gasteiger partial charge in [0.2, 0.25) is 5.96 Å². The zero-order valence-corrected chi connectivity index (χ0v) is 13.1. The Hall–Kier alpha value is -1.55. The number of hydroxylamine groups is 2. The molecule has 0 aliphatic carbocycles. The van der Waals surface area contributed by atoms with Gasteiger partial charge in [-0.3, -0.25) is 4.84 Å². The molecule has 4 heteroatoms. The minimum absolute atomic E-state index is 0.741. The fourth-order valence-corrected chi connectivity index (χ4v) is 2.37. The lowest BCUT2D eigenvalue weighted by Gasteiger charge is -2.20. The molecule has 0 saturated heterocycles. The Labute approximate surface area is 128 Å². The van der Waals surface area contributed by atoms with Crippen LogP contribution in [0.2, 0.25) is 0 Å². The normalized spacial score (nSPS) is 14.3. The zero-order valence-electron chi connectivity index (χ0n) is 13.1. The van der Waals surface area contributed by atoms with Gasteiger partial charge in [-0.15, -0.1) is 0 Å². The van der Waals surface area contributed by atoms with Crippen LogP contribution >= 0.6 is 0 Å². The van der Waals surface area contributed by atoms with E-state index in [0.717, 1.165) is 45.0 Å². The Kier molecular flexibility index (Phi) is 7.08.